The van der Waals surface area contributed by atoms with E-state index in [-0.39, 0.29) is 12.5 Å². The second-order valence-electron chi connectivity index (χ2n) is 4.58. The van der Waals surface area contributed by atoms with Crippen LogP contribution in [0.15, 0.2) is 24.3 Å². The van der Waals surface area contributed by atoms with Gasteiger partial charge >= 0.3 is 0 Å². The number of hydrogen-bond donors (Lipinski definition) is 2. The zero-order valence-electron chi connectivity index (χ0n) is 11.6. The van der Waals surface area contributed by atoms with Gasteiger partial charge in [0.1, 0.15) is 5.75 Å². The van der Waals surface area contributed by atoms with E-state index in [0.717, 1.165) is 24.3 Å². The van der Waals surface area contributed by atoms with Crippen LogP contribution in [-0.2, 0) is 11.2 Å². The summed E-state index contributed by atoms with van der Waals surface area (Å²) in [7, 11) is 0. The minimum Gasteiger partial charge on any atom is -0.493 e. The van der Waals surface area contributed by atoms with Gasteiger partial charge in [-0.25, -0.2) is 5.01 Å². The van der Waals surface area contributed by atoms with Crippen molar-refractivity contribution in [3.05, 3.63) is 35.4 Å². The van der Waals surface area contributed by atoms with Crippen LogP contribution in [0.4, 0.5) is 0 Å². The number of hydrazine groups is 1. The molecule has 0 fully saturated rings. The molecule has 5 heteroatoms. The Labute approximate surface area is 118 Å². The standard InChI is InChI=1S/C15H20N2O3/c1-2-17(8-9-18)16-15(19)6-4-12-3-5-14-13(11-12)7-10-20-14/h3-6,11,18H,2,7-10H2,1H3,(H,16,19)/b6-4+. The number of benzene rings is 1. The highest BCUT2D eigenvalue weighted by atomic mass is 16.5. The van der Waals surface area contributed by atoms with Gasteiger partial charge in [-0.05, 0) is 29.3 Å². The molecule has 0 atom stereocenters. The van der Waals surface area contributed by atoms with Crippen molar-refractivity contribution in [2.24, 2.45) is 0 Å². The number of nitrogens with zero attached hydrogens (tertiary/aromatic N) is 1. The maximum Gasteiger partial charge on any atom is 0.258 e. The highest BCUT2D eigenvalue weighted by molar-refractivity contribution is 5.91. The van der Waals surface area contributed by atoms with Gasteiger partial charge in [0, 0.05) is 25.6 Å². The SMILES string of the molecule is CCN(CCO)NC(=O)/C=C/c1ccc2c(c1)CCO2. The minimum atomic E-state index is -0.197. The number of likely N-dealkylation sites (N-methyl/N-ethyl adjacent to an activating group) is 1. The van der Waals surface area contributed by atoms with Crippen molar-refractivity contribution in [3.63, 3.8) is 0 Å². The zero-order valence-corrected chi connectivity index (χ0v) is 11.6. The number of hydrogen-bond acceptors (Lipinski definition) is 4. The Hall–Kier alpha value is -1.85. The molecule has 1 aromatic carbocycles. The fourth-order valence-electron chi connectivity index (χ4n) is 2.09. The second kappa shape index (κ2) is 7.07. The lowest BCUT2D eigenvalue weighted by molar-refractivity contribution is -0.121. The summed E-state index contributed by atoms with van der Waals surface area (Å²) in [4.78, 5) is 11.7. The largest absolute Gasteiger partial charge is 0.493 e. The van der Waals surface area contributed by atoms with E-state index in [0.29, 0.717) is 13.1 Å². The average molecular weight is 276 g/mol. The average Bonchev–Trinajstić information content (AvgIpc) is 2.92. The molecule has 1 amide bonds. The van der Waals surface area contributed by atoms with E-state index >= 15 is 0 Å². The summed E-state index contributed by atoms with van der Waals surface area (Å²) in [5.74, 6) is 0.740. The number of aliphatic hydroxyl groups excluding tert-OH is 1. The molecule has 108 valence electrons. The molecule has 0 bridgehead atoms. The van der Waals surface area contributed by atoms with Crippen LogP contribution in [-0.4, -0.2) is 42.3 Å². The molecule has 1 aromatic rings. The van der Waals surface area contributed by atoms with Gasteiger partial charge in [0.05, 0.1) is 13.2 Å². The molecular weight excluding hydrogens is 256 g/mol. The number of carbonyl (C=O) groups is 1. The molecular formula is C15H20N2O3. The Bertz CT molecular complexity index is 500. The fraction of sp³-hybridized carbons (Fsp3) is 0.400. The molecule has 0 aliphatic carbocycles. The van der Waals surface area contributed by atoms with E-state index < -0.39 is 0 Å². The lowest BCUT2D eigenvalue weighted by Crippen LogP contribution is -2.42. The van der Waals surface area contributed by atoms with Crippen LogP contribution < -0.4 is 10.2 Å². The Morgan fingerprint density at radius 3 is 3.15 bits per heavy atom. The van der Waals surface area contributed by atoms with Crippen LogP contribution in [0.3, 0.4) is 0 Å². The third kappa shape index (κ3) is 3.82. The molecule has 0 saturated carbocycles. The third-order valence-electron chi connectivity index (χ3n) is 3.16. The molecule has 0 unspecified atom stereocenters. The van der Waals surface area contributed by atoms with Crippen LogP contribution in [0, 0.1) is 0 Å². The van der Waals surface area contributed by atoms with E-state index in [9.17, 15) is 4.79 Å². The Morgan fingerprint density at radius 1 is 1.55 bits per heavy atom. The van der Waals surface area contributed by atoms with Crippen molar-refractivity contribution in [2.45, 2.75) is 13.3 Å². The lowest BCUT2D eigenvalue weighted by atomic mass is 10.1. The van der Waals surface area contributed by atoms with Crippen molar-refractivity contribution in [1.82, 2.24) is 10.4 Å². The number of amides is 1. The number of fused-ring (bicyclic) bond motifs is 1. The lowest BCUT2D eigenvalue weighted by Gasteiger charge is -2.18. The van der Waals surface area contributed by atoms with Gasteiger partial charge in [0.25, 0.3) is 5.91 Å². The number of rotatable bonds is 6. The number of ether oxygens (including phenoxy) is 1. The maximum atomic E-state index is 11.7. The van der Waals surface area contributed by atoms with Gasteiger partial charge in [-0.1, -0.05) is 13.0 Å². The maximum absolute atomic E-state index is 11.7. The van der Waals surface area contributed by atoms with Gasteiger partial charge in [-0.2, -0.15) is 0 Å². The van der Waals surface area contributed by atoms with Crippen molar-refractivity contribution < 1.29 is 14.6 Å². The Kier molecular flexibility index (Phi) is 5.15. The minimum absolute atomic E-state index is 0.0165. The summed E-state index contributed by atoms with van der Waals surface area (Å²) in [6.45, 7) is 3.74. The number of nitrogens with one attached hydrogen (secondary N) is 1. The van der Waals surface area contributed by atoms with Crippen molar-refractivity contribution >= 4 is 12.0 Å². The van der Waals surface area contributed by atoms with Gasteiger partial charge in [0.2, 0.25) is 0 Å². The van der Waals surface area contributed by atoms with Gasteiger partial charge in [0.15, 0.2) is 0 Å². The zero-order chi connectivity index (χ0) is 14.4. The number of carbonyl (C=O) groups excluding carboxylic acids is 1. The Morgan fingerprint density at radius 2 is 2.40 bits per heavy atom. The van der Waals surface area contributed by atoms with E-state index in [1.165, 1.54) is 11.6 Å². The molecule has 0 aromatic heterocycles. The van der Waals surface area contributed by atoms with Crippen LogP contribution >= 0.6 is 0 Å². The molecule has 1 heterocycles. The monoisotopic (exact) mass is 276 g/mol. The molecule has 5 nitrogen and oxygen atoms in total. The van der Waals surface area contributed by atoms with Gasteiger partial charge in [-0.3, -0.25) is 10.2 Å². The van der Waals surface area contributed by atoms with Gasteiger partial charge < -0.3 is 9.84 Å². The van der Waals surface area contributed by atoms with Gasteiger partial charge in [-0.15, -0.1) is 0 Å². The van der Waals surface area contributed by atoms with Crippen LogP contribution in [0.25, 0.3) is 6.08 Å². The molecule has 20 heavy (non-hydrogen) atoms. The highest BCUT2D eigenvalue weighted by Gasteiger charge is 2.11. The van der Waals surface area contributed by atoms with Crippen LogP contribution in [0.5, 0.6) is 5.75 Å². The van der Waals surface area contributed by atoms with Crippen molar-refractivity contribution in [2.75, 3.05) is 26.3 Å². The molecule has 0 saturated heterocycles. The van der Waals surface area contributed by atoms with E-state index in [4.69, 9.17) is 9.84 Å². The molecule has 1 aliphatic rings. The topological polar surface area (TPSA) is 61.8 Å². The summed E-state index contributed by atoms with van der Waals surface area (Å²) >= 11 is 0. The van der Waals surface area contributed by atoms with Crippen molar-refractivity contribution in [3.8, 4) is 5.75 Å². The van der Waals surface area contributed by atoms with E-state index in [1.807, 2.05) is 25.1 Å². The molecule has 2 N–H and O–H groups in total. The highest BCUT2D eigenvalue weighted by Crippen LogP contribution is 2.26. The van der Waals surface area contributed by atoms with Crippen LogP contribution in [0.1, 0.15) is 18.1 Å². The summed E-state index contributed by atoms with van der Waals surface area (Å²) < 4.78 is 5.44. The van der Waals surface area contributed by atoms with E-state index in [1.54, 1.807) is 11.1 Å². The molecule has 0 radical (unpaired) electrons. The van der Waals surface area contributed by atoms with Crippen LogP contribution in [0.2, 0.25) is 0 Å². The first-order valence-corrected chi connectivity index (χ1v) is 6.83. The number of aliphatic hydroxyl groups is 1. The smallest absolute Gasteiger partial charge is 0.258 e. The molecule has 2 rings (SSSR count). The van der Waals surface area contributed by atoms with E-state index in [2.05, 4.69) is 5.43 Å². The fourth-order valence-corrected chi connectivity index (χ4v) is 2.09. The summed E-state index contributed by atoms with van der Waals surface area (Å²) in [5, 5.41) is 10.5. The predicted octanol–water partition coefficient (Wildman–Crippen LogP) is 0.980. The third-order valence-corrected chi connectivity index (χ3v) is 3.16. The predicted molar refractivity (Wildman–Crippen MR) is 77.2 cm³/mol. The first kappa shape index (κ1) is 14.6. The first-order chi connectivity index (χ1) is 9.72. The first-order valence-electron chi connectivity index (χ1n) is 6.83. The molecule has 0 spiro atoms. The summed E-state index contributed by atoms with van der Waals surface area (Å²) in [6, 6.07) is 5.90. The summed E-state index contributed by atoms with van der Waals surface area (Å²) in [6.07, 6.45) is 4.20. The molecule has 1 aliphatic heterocycles. The van der Waals surface area contributed by atoms with Crippen molar-refractivity contribution in [1.29, 1.82) is 0 Å². The Balaban J connectivity index is 1.93. The summed E-state index contributed by atoms with van der Waals surface area (Å²) in [5.41, 5.74) is 4.88. The normalized spacial score (nSPS) is 13.6. The second-order valence-corrected chi connectivity index (χ2v) is 4.58. The quantitative estimate of drug-likeness (QED) is 0.600.